The number of methoxy groups -OCH3 is 2. The normalized spacial score (nSPS) is 34.1. The highest BCUT2D eigenvalue weighted by Gasteiger charge is 2.80. The summed E-state index contributed by atoms with van der Waals surface area (Å²) in [6, 6.07) is 0. The fourth-order valence-electron chi connectivity index (χ4n) is 3.29. The third-order valence-corrected chi connectivity index (χ3v) is 6.68. The van der Waals surface area contributed by atoms with Gasteiger partial charge in [0.2, 0.25) is 5.79 Å². The van der Waals surface area contributed by atoms with Crippen molar-refractivity contribution in [1.82, 2.24) is 0 Å². The van der Waals surface area contributed by atoms with Gasteiger partial charge < -0.3 is 14.6 Å². The Morgan fingerprint density at radius 1 is 1.10 bits per heavy atom. The summed E-state index contributed by atoms with van der Waals surface area (Å²) in [6.45, 7) is 5.38. The summed E-state index contributed by atoms with van der Waals surface area (Å²) in [5, 5.41) is 10.1. The Balaban J connectivity index is 2.81. The Bertz CT molecular complexity index is 565. The Labute approximate surface area is 144 Å². The highest BCUT2D eigenvalue weighted by Crippen LogP contribution is 2.72. The van der Waals surface area contributed by atoms with Crippen LogP contribution in [0.2, 0.25) is 0 Å². The molecule has 2 aliphatic carbocycles. The molecule has 0 saturated carbocycles. The van der Waals surface area contributed by atoms with Gasteiger partial charge in [0.1, 0.15) is 0 Å². The molecule has 0 aromatic heterocycles. The van der Waals surface area contributed by atoms with Crippen LogP contribution in [0.3, 0.4) is 0 Å². The van der Waals surface area contributed by atoms with Crippen LogP contribution < -0.4 is 0 Å². The van der Waals surface area contributed by atoms with E-state index in [9.17, 15) is 5.11 Å². The second-order valence-corrected chi connectivity index (χ2v) is 7.11. The van der Waals surface area contributed by atoms with Crippen LogP contribution in [0, 0.1) is 0 Å². The molecule has 0 aromatic carbocycles. The lowest BCUT2D eigenvalue weighted by Crippen LogP contribution is -2.58. The van der Waals surface area contributed by atoms with Crippen molar-refractivity contribution >= 4 is 46.4 Å². The van der Waals surface area contributed by atoms with Crippen LogP contribution in [-0.4, -0.2) is 41.5 Å². The van der Waals surface area contributed by atoms with Crippen LogP contribution in [0.4, 0.5) is 0 Å². The van der Waals surface area contributed by atoms with Crippen LogP contribution in [0.15, 0.2) is 33.4 Å². The van der Waals surface area contributed by atoms with E-state index in [4.69, 9.17) is 55.9 Å². The molecule has 0 amide bonds. The number of allylic oxidation sites excluding steroid dienone is 1. The highest BCUT2D eigenvalue weighted by molar-refractivity contribution is 6.53. The van der Waals surface area contributed by atoms with Gasteiger partial charge in [-0.15, -0.1) is 23.2 Å². The lowest BCUT2D eigenvalue weighted by atomic mass is 9.91. The number of rotatable bonds is 5. The third kappa shape index (κ3) is 1.74. The molecule has 0 aliphatic heterocycles. The van der Waals surface area contributed by atoms with Crippen molar-refractivity contribution in [2.45, 2.75) is 28.9 Å². The number of fused-ring (bicyclic) bond motifs is 2. The van der Waals surface area contributed by atoms with Gasteiger partial charge in [0, 0.05) is 14.2 Å². The first-order valence-electron chi connectivity index (χ1n) is 6.21. The average Bonchev–Trinajstić information content (AvgIpc) is 2.67. The molecule has 3 nitrogen and oxygen atoms in total. The average molecular weight is 374 g/mol. The maximum atomic E-state index is 9.81. The third-order valence-electron chi connectivity index (χ3n) is 4.11. The topological polar surface area (TPSA) is 38.7 Å². The van der Waals surface area contributed by atoms with E-state index < -0.39 is 15.5 Å². The van der Waals surface area contributed by atoms with Crippen LogP contribution >= 0.6 is 46.4 Å². The van der Waals surface area contributed by atoms with E-state index in [0.717, 1.165) is 5.57 Å². The molecule has 0 saturated heterocycles. The van der Waals surface area contributed by atoms with Gasteiger partial charge in [-0.3, -0.25) is 0 Å². The summed E-state index contributed by atoms with van der Waals surface area (Å²) in [6.07, 6.45) is 0.405. The van der Waals surface area contributed by atoms with Crippen LogP contribution in [0.25, 0.3) is 0 Å². The van der Waals surface area contributed by atoms with Gasteiger partial charge in [0.25, 0.3) is 0 Å². The van der Waals surface area contributed by atoms with Crippen LogP contribution in [-0.2, 0) is 9.47 Å². The molecule has 2 aliphatic rings. The maximum Gasteiger partial charge on any atom is 0.225 e. The SMILES string of the molecule is C=C(C)CC1=C(CO)C2(Cl)C(Cl)=C(Cl)C1(Cl)C2(OC)OC. The minimum absolute atomic E-state index is 0.110. The Hall–Kier alpha value is 0.260. The van der Waals surface area contributed by atoms with E-state index in [0.29, 0.717) is 17.6 Å². The van der Waals surface area contributed by atoms with E-state index in [1.54, 1.807) is 0 Å². The molecule has 1 N–H and O–H groups in total. The fourth-order valence-corrected chi connectivity index (χ4v) is 5.33. The molecule has 0 spiro atoms. The molecular formula is C14H16Cl4O3. The summed E-state index contributed by atoms with van der Waals surface area (Å²) >= 11 is 26.2. The Morgan fingerprint density at radius 3 is 1.86 bits per heavy atom. The van der Waals surface area contributed by atoms with Gasteiger partial charge in [-0.05, 0) is 24.5 Å². The van der Waals surface area contributed by atoms with Crippen molar-refractivity contribution < 1.29 is 14.6 Å². The van der Waals surface area contributed by atoms with Crippen molar-refractivity contribution in [3.63, 3.8) is 0 Å². The number of ether oxygens (including phenoxy) is 2. The number of hydrogen-bond acceptors (Lipinski definition) is 3. The Kier molecular flexibility index (Phi) is 4.54. The summed E-state index contributed by atoms with van der Waals surface area (Å²) in [7, 11) is 2.83. The number of aliphatic hydroxyl groups is 1. The van der Waals surface area contributed by atoms with Crippen LogP contribution in [0.1, 0.15) is 13.3 Å². The van der Waals surface area contributed by atoms with Crippen molar-refractivity contribution in [1.29, 1.82) is 0 Å². The first-order chi connectivity index (χ1) is 9.68. The zero-order valence-electron chi connectivity index (χ0n) is 11.9. The van der Waals surface area contributed by atoms with Crippen molar-refractivity contribution in [3.8, 4) is 0 Å². The van der Waals surface area contributed by atoms with Gasteiger partial charge in [-0.1, -0.05) is 35.4 Å². The van der Waals surface area contributed by atoms with Crippen molar-refractivity contribution in [3.05, 3.63) is 33.4 Å². The zero-order chi connectivity index (χ0) is 16.2. The molecule has 2 atom stereocenters. The summed E-state index contributed by atoms with van der Waals surface area (Å²) in [5.41, 5.74) is 1.90. The first-order valence-corrected chi connectivity index (χ1v) is 7.72. The zero-order valence-corrected chi connectivity index (χ0v) is 14.9. The second-order valence-electron chi connectivity index (χ2n) is 5.22. The Morgan fingerprint density at radius 2 is 1.52 bits per heavy atom. The molecule has 118 valence electrons. The molecule has 2 rings (SSSR count). The molecule has 0 heterocycles. The first kappa shape index (κ1) is 17.6. The maximum absolute atomic E-state index is 9.81. The van der Waals surface area contributed by atoms with Gasteiger partial charge in [0.05, 0.1) is 16.7 Å². The van der Waals surface area contributed by atoms with E-state index in [1.165, 1.54) is 14.2 Å². The summed E-state index contributed by atoms with van der Waals surface area (Å²) in [4.78, 5) is -2.86. The van der Waals surface area contributed by atoms with E-state index in [2.05, 4.69) is 6.58 Å². The fraction of sp³-hybridized carbons (Fsp3) is 0.571. The van der Waals surface area contributed by atoms with Gasteiger partial charge in [-0.2, -0.15) is 0 Å². The van der Waals surface area contributed by atoms with Crippen molar-refractivity contribution in [2.24, 2.45) is 0 Å². The predicted octanol–water partition coefficient (Wildman–Crippen LogP) is 3.90. The second kappa shape index (κ2) is 5.41. The summed E-state index contributed by atoms with van der Waals surface area (Å²) in [5.74, 6) is -1.53. The standard InChI is InChI=1S/C14H16Cl4O3/c1-7(2)5-8-9(6-19)13(18)11(16)10(15)12(8,17)14(13,20-3)21-4/h19H,1,5-6H2,2-4H3. The molecular weight excluding hydrogens is 358 g/mol. The van der Waals surface area contributed by atoms with Gasteiger partial charge in [-0.25, -0.2) is 0 Å². The monoisotopic (exact) mass is 372 g/mol. The van der Waals surface area contributed by atoms with Gasteiger partial charge in [0.15, 0.2) is 9.75 Å². The van der Waals surface area contributed by atoms with E-state index in [-0.39, 0.29) is 16.7 Å². The van der Waals surface area contributed by atoms with E-state index in [1.807, 2.05) is 6.92 Å². The number of aliphatic hydroxyl groups excluding tert-OH is 1. The minimum atomic E-state index is -1.53. The number of hydrogen-bond donors (Lipinski definition) is 1. The smallest absolute Gasteiger partial charge is 0.225 e. The van der Waals surface area contributed by atoms with Crippen LogP contribution in [0.5, 0.6) is 0 Å². The molecule has 0 radical (unpaired) electrons. The molecule has 7 heteroatoms. The molecule has 2 bridgehead atoms. The molecule has 0 aromatic rings. The van der Waals surface area contributed by atoms with Crippen molar-refractivity contribution in [2.75, 3.05) is 20.8 Å². The minimum Gasteiger partial charge on any atom is -0.392 e. The predicted molar refractivity (Wildman–Crippen MR) is 86.2 cm³/mol. The van der Waals surface area contributed by atoms with Gasteiger partial charge >= 0.3 is 0 Å². The molecule has 0 fully saturated rings. The van der Waals surface area contributed by atoms with E-state index >= 15 is 0 Å². The molecule has 2 unspecified atom stereocenters. The lowest BCUT2D eigenvalue weighted by molar-refractivity contribution is -0.214. The largest absolute Gasteiger partial charge is 0.392 e. The highest BCUT2D eigenvalue weighted by atomic mass is 35.5. The quantitative estimate of drug-likeness (QED) is 0.451. The number of halogens is 4. The summed E-state index contributed by atoms with van der Waals surface area (Å²) < 4.78 is 11.1. The molecule has 21 heavy (non-hydrogen) atoms. The lowest BCUT2D eigenvalue weighted by Gasteiger charge is -2.41. The number of alkyl halides is 2.